The molecular weight excluding hydrogens is 255 g/mol. The average molecular weight is 274 g/mol. The molecule has 2 aromatic rings. The van der Waals surface area contributed by atoms with Crippen LogP contribution in [0.25, 0.3) is 10.9 Å². The zero-order valence-corrected chi connectivity index (χ0v) is 12.5. The number of nitrogens with one attached hydrogen (secondary N) is 1. The van der Waals surface area contributed by atoms with Gasteiger partial charge in [-0.05, 0) is 33.8 Å². The lowest BCUT2D eigenvalue weighted by Crippen LogP contribution is -2.41. The second-order valence-corrected chi connectivity index (χ2v) is 6.08. The highest BCUT2D eigenvalue weighted by Gasteiger charge is 2.52. The third-order valence-electron chi connectivity index (χ3n) is 4.29. The lowest BCUT2D eigenvalue weighted by Gasteiger charge is -2.32. The number of ether oxygens (including phenoxy) is 1. The molecule has 0 atom stereocenters. The molecule has 20 heavy (non-hydrogen) atoms. The number of rotatable bonds is 2. The van der Waals surface area contributed by atoms with Gasteiger partial charge in [0.05, 0.1) is 18.3 Å². The molecular formula is C14H19BN2O3. The molecule has 0 amide bonds. The minimum absolute atomic E-state index is 0.361. The van der Waals surface area contributed by atoms with Gasteiger partial charge in [-0.15, -0.1) is 0 Å². The summed E-state index contributed by atoms with van der Waals surface area (Å²) < 4.78 is 17.4. The Balaban J connectivity index is 2.07. The quantitative estimate of drug-likeness (QED) is 0.849. The minimum atomic E-state index is -0.420. The van der Waals surface area contributed by atoms with Gasteiger partial charge < -0.3 is 19.0 Å². The molecule has 0 saturated carbocycles. The molecule has 0 spiro atoms. The van der Waals surface area contributed by atoms with Crippen molar-refractivity contribution in [2.75, 3.05) is 7.11 Å². The summed E-state index contributed by atoms with van der Waals surface area (Å²) in [5.41, 5.74) is 1.06. The number of methoxy groups -OCH3 is 1. The van der Waals surface area contributed by atoms with Crippen molar-refractivity contribution in [1.82, 2.24) is 9.97 Å². The molecule has 0 bridgehead atoms. The van der Waals surface area contributed by atoms with Crippen LogP contribution < -0.4 is 10.2 Å². The molecule has 2 aromatic heterocycles. The fourth-order valence-electron chi connectivity index (χ4n) is 2.36. The maximum Gasteiger partial charge on any atom is 0.497 e. The van der Waals surface area contributed by atoms with E-state index in [0.717, 1.165) is 16.4 Å². The van der Waals surface area contributed by atoms with Crippen LogP contribution in [0.3, 0.4) is 0 Å². The summed E-state index contributed by atoms with van der Waals surface area (Å²) in [6.45, 7) is 8.16. The zero-order valence-electron chi connectivity index (χ0n) is 12.5. The SMILES string of the molecule is COc1ncc(B2OC(C)(C)C(C)(C)O2)c2cc[nH]c12. The standard InChI is InChI=1S/C14H19BN2O3/c1-13(2)14(3,4)20-15(19-13)10-8-17-12(18-5)11-9(10)6-7-16-11/h6-8,16H,1-5H3. The fourth-order valence-corrected chi connectivity index (χ4v) is 2.36. The van der Waals surface area contributed by atoms with Crippen LogP contribution in [-0.2, 0) is 9.31 Å². The normalized spacial score (nSPS) is 20.6. The Bertz CT molecular complexity index is 635. The van der Waals surface area contributed by atoms with E-state index < -0.39 is 7.12 Å². The lowest BCUT2D eigenvalue weighted by atomic mass is 9.78. The Hall–Kier alpha value is -1.53. The predicted octanol–water partition coefficient (Wildman–Crippen LogP) is 1.87. The van der Waals surface area contributed by atoms with Gasteiger partial charge in [-0.2, -0.15) is 0 Å². The molecule has 1 saturated heterocycles. The summed E-state index contributed by atoms with van der Waals surface area (Å²) in [6.07, 6.45) is 3.63. The van der Waals surface area contributed by atoms with Gasteiger partial charge in [-0.1, -0.05) is 0 Å². The Kier molecular flexibility index (Phi) is 2.85. The summed E-state index contributed by atoms with van der Waals surface area (Å²) in [5, 5.41) is 1.01. The largest absolute Gasteiger partial charge is 0.497 e. The monoisotopic (exact) mass is 274 g/mol. The van der Waals surface area contributed by atoms with Crippen molar-refractivity contribution >= 4 is 23.5 Å². The van der Waals surface area contributed by atoms with Crippen LogP contribution in [0, 0.1) is 0 Å². The van der Waals surface area contributed by atoms with E-state index in [9.17, 15) is 0 Å². The minimum Gasteiger partial charge on any atom is -0.480 e. The van der Waals surface area contributed by atoms with E-state index in [1.54, 1.807) is 13.3 Å². The number of pyridine rings is 1. The van der Waals surface area contributed by atoms with Gasteiger partial charge in [0.1, 0.15) is 5.52 Å². The highest BCUT2D eigenvalue weighted by molar-refractivity contribution is 6.65. The van der Waals surface area contributed by atoms with Crippen molar-refractivity contribution in [3.8, 4) is 5.88 Å². The van der Waals surface area contributed by atoms with Crippen molar-refractivity contribution in [3.05, 3.63) is 18.5 Å². The van der Waals surface area contributed by atoms with Crippen molar-refractivity contribution in [1.29, 1.82) is 0 Å². The first-order valence-electron chi connectivity index (χ1n) is 6.71. The van der Waals surface area contributed by atoms with Crippen LogP contribution in [0.4, 0.5) is 0 Å². The number of hydrogen-bond acceptors (Lipinski definition) is 4. The molecule has 1 N–H and O–H groups in total. The van der Waals surface area contributed by atoms with Gasteiger partial charge in [0.25, 0.3) is 0 Å². The molecule has 106 valence electrons. The van der Waals surface area contributed by atoms with Crippen LogP contribution in [-0.4, -0.2) is 35.4 Å². The molecule has 3 rings (SSSR count). The summed E-state index contributed by atoms with van der Waals surface area (Å²) >= 11 is 0. The van der Waals surface area contributed by atoms with Crippen molar-refractivity contribution in [2.45, 2.75) is 38.9 Å². The average Bonchev–Trinajstić information content (AvgIpc) is 2.91. The van der Waals surface area contributed by atoms with E-state index in [2.05, 4.69) is 9.97 Å². The highest BCUT2D eigenvalue weighted by Crippen LogP contribution is 2.37. The summed E-state index contributed by atoms with van der Waals surface area (Å²) in [6, 6.07) is 1.99. The Labute approximate surface area is 118 Å². The predicted molar refractivity (Wildman–Crippen MR) is 78.4 cm³/mol. The van der Waals surface area contributed by atoms with Gasteiger partial charge in [-0.25, -0.2) is 4.98 Å². The second-order valence-electron chi connectivity index (χ2n) is 6.08. The topological polar surface area (TPSA) is 56.4 Å². The van der Waals surface area contributed by atoms with Crippen LogP contribution >= 0.6 is 0 Å². The van der Waals surface area contributed by atoms with Gasteiger partial charge in [0, 0.05) is 23.2 Å². The number of aromatic nitrogens is 2. The molecule has 0 radical (unpaired) electrons. The van der Waals surface area contributed by atoms with Gasteiger partial charge >= 0.3 is 7.12 Å². The van der Waals surface area contributed by atoms with E-state index >= 15 is 0 Å². The van der Waals surface area contributed by atoms with Crippen LogP contribution in [0.15, 0.2) is 18.5 Å². The highest BCUT2D eigenvalue weighted by atomic mass is 16.7. The fraction of sp³-hybridized carbons (Fsp3) is 0.500. The van der Waals surface area contributed by atoms with Gasteiger partial charge in [0.15, 0.2) is 0 Å². The van der Waals surface area contributed by atoms with Crippen molar-refractivity contribution in [2.24, 2.45) is 0 Å². The number of hydrogen-bond donors (Lipinski definition) is 1. The van der Waals surface area contributed by atoms with Crippen molar-refractivity contribution < 1.29 is 14.0 Å². The maximum atomic E-state index is 6.08. The van der Waals surface area contributed by atoms with E-state index in [1.807, 2.05) is 40.0 Å². The summed E-state index contributed by atoms with van der Waals surface area (Å²) in [7, 11) is 1.19. The lowest BCUT2D eigenvalue weighted by molar-refractivity contribution is 0.00578. The van der Waals surface area contributed by atoms with E-state index in [-0.39, 0.29) is 11.2 Å². The smallest absolute Gasteiger partial charge is 0.480 e. The molecule has 0 aromatic carbocycles. The molecule has 3 heterocycles. The molecule has 0 aliphatic carbocycles. The number of aromatic amines is 1. The van der Waals surface area contributed by atoms with Crippen molar-refractivity contribution in [3.63, 3.8) is 0 Å². The van der Waals surface area contributed by atoms with Gasteiger partial charge in [-0.3, -0.25) is 0 Å². The van der Waals surface area contributed by atoms with Gasteiger partial charge in [0.2, 0.25) is 5.88 Å². The maximum absolute atomic E-state index is 6.08. The summed E-state index contributed by atoms with van der Waals surface area (Å²) in [5.74, 6) is 0.574. The Morgan fingerprint density at radius 2 is 1.85 bits per heavy atom. The third-order valence-corrected chi connectivity index (χ3v) is 4.29. The van der Waals surface area contributed by atoms with Crippen LogP contribution in [0.5, 0.6) is 5.88 Å². The first-order valence-corrected chi connectivity index (χ1v) is 6.71. The first-order chi connectivity index (χ1) is 9.36. The third kappa shape index (κ3) is 1.83. The molecule has 1 fully saturated rings. The number of nitrogens with zero attached hydrogens (tertiary/aromatic N) is 1. The zero-order chi connectivity index (χ0) is 14.5. The summed E-state index contributed by atoms with van der Waals surface area (Å²) in [4.78, 5) is 7.47. The number of H-pyrrole nitrogens is 1. The first kappa shape index (κ1) is 13.5. The van der Waals surface area contributed by atoms with Crippen LogP contribution in [0.2, 0.25) is 0 Å². The van der Waals surface area contributed by atoms with E-state index in [1.165, 1.54) is 0 Å². The Morgan fingerprint density at radius 1 is 1.20 bits per heavy atom. The second kappa shape index (κ2) is 4.23. The molecule has 0 unspecified atom stereocenters. The molecule has 1 aliphatic heterocycles. The number of fused-ring (bicyclic) bond motifs is 1. The molecule has 1 aliphatic rings. The molecule has 6 heteroatoms. The van der Waals surface area contributed by atoms with Crippen LogP contribution in [0.1, 0.15) is 27.7 Å². The molecule has 5 nitrogen and oxygen atoms in total. The Morgan fingerprint density at radius 3 is 2.45 bits per heavy atom. The van der Waals surface area contributed by atoms with E-state index in [4.69, 9.17) is 14.0 Å². The van der Waals surface area contributed by atoms with E-state index in [0.29, 0.717) is 5.88 Å².